The first-order valence-electron chi connectivity index (χ1n) is 4.43. The maximum Gasteiger partial charge on any atom is 0.150 e. The zero-order valence-electron chi connectivity index (χ0n) is 7.92. The number of nitrogen functional groups attached to an aromatic ring is 1. The van der Waals surface area contributed by atoms with Crippen molar-refractivity contribution in [2.45, 2.75) is 0 Å². The Morgan fingerprint density at radius 1 is 1.07 bits per heavy atom. The van der Waals surface area contributed by atoms with Gasteiger partial charge in [-0.25, -0.2) is 4.98 Å². The summed E-state index contributed by atoms with van der Waals surface area (Å²) in [5, 5.41) is 0. The molecule has 0 aliphatic carbocycles. The molecule has 0 bridgehead atoms. The van der Waals surface area contributed by atoms with E-state index in [1.807, 2.05) is 0 Å². The third-order valence-electron chi connectivity index (χ3n) is 2.05. The Balaban J connectivity index is 2.46. The van der Waals surface area contributed by atoms with E-state index >= 15 is 0 Å². The van der Waals surface area contributed by atoms with E-state index in [4.69, 9.17) is 5.73 Å². The van der Waals surface area contributed by atoms with E-state index in [2.05, 4.69) is 9.97 Å². The van der Waals surface area contributed by atoms with Gasteiger partial charge in [-0.15, -0.1) is 0 Å². The monoisotopic (exact) mass is 199 g/mol. The molecule has 0 unspecified atom stereocenters. The molecule has 1 aromatic carbocycles. The highest BCUT2D eigenvalue weighted by Gasteiger charge is 2.03. The molecule has 1 aromatic heterocycles. The van der Waals surface area contributed by atoms with Crippen LogP contribution < -0.4 is 5.73 Å². The number of anilines is 1. The summed E-state index contributed by atoms with van der Waals surface area (Å²) in [7, 11) is 0. The van der Waals surface area contributed by atoms with Crippen molar-refractivity contribution in [1.82, 2.24) is 9.97 Å². The number of hydrogen-bond acceptors (Lipinski definition) is 4. The van der Waals surface area contributed by atoms with Crippen molar-refractivity contribution in [3.63, 3.8) is 0 Å². The quantitative estimate of drug-likeness (QED) is 0.745. The third kappa shape index (κ3) is 1.83. The molecule has 4 heteroatoms. The van der Waals surface area contributed by atoms with Crippen LogP contribution in [0.4, 0.5) is 5.82 Å². The van der Waals surface area contributed by atoms with Crippen molar-refractivity contribution in [2.75, 3.05) is 5.73 Å². The molecule has 0 radical (unpaired) electrons. The predicted molar refractivity (Wildman–Crippen MR) is 57.3 cm³/mol. The molecule has 0 spiro atoms. The summed E-state index contributed by atoms with van der Waals surface area (Å²) in [6.45, 7) is 0. The van der Waals surface area contributed by atoms with Crippen LogP contribution in [-0.2, 0) is 0 Å². The Morgan fingerprint density at radius 2 is 1.73 bits per heavy atom. The zero-order chi connectivity index (χ0) is 10.7. The maximum atomic E-state index is 10.5. The number of carbonyl (C=O) groups is 1. The first kappa shape index (κ1) is 9.33. The number of nitrogens with zero attached hydrogens (tertiary/aromatic N) is 2. The number of aromatic nitrogens is 2. The summed E-state index contributed by atoms with van der Waals surface area (Å²) in [6, 6.07) is 7.03. The molecule has 1 heterocycles. The minimum atomic E-state index is 0.386. The molecule has 0 amide bonds. The van der Waals surface area contributed by atoms with Gasteiger partial charge in [0.25, 0.3) is 0 Å². The van der Waals surface area contributed by atoms with Gasteiger partial charge in [0.15, 0.2) is 0 Å². The number of carbonyl (C=O) groups excluding carboxylic acids is 1. The minimum Gasteiger partial charge on any atom is -0.382 e. The summed E-state index contributed by atoms with van der Waals surface area (Å²) < 4.78 is 0. The summed E-state index contributed by atoms with van der Waals surface area (Å²) >= 11 is 0. The zero-order valence-corrected chi connectivity index (χ0v) is 7.92. The second-order valence-corrected chi connectivity index (χ2v) is 3.03. The number of nitrogens with two attached hydrogens (primary N) is 1. The lowest BCUT2D eigenvalue weighted by Gasteiger charge is -2.02. The lowest BCUT2D eigenvalue weighted by atomic mass is 10.1. The number of aldehydes is 1. The topological polar surface area (TPSA) is 68.9 Å². The lowest BCUT2D eigenvalue weighted by molar-refractivity contribution is 0.112. The fourth-order valence-electron chi connectivity index (χ4n) is 1.29. The normalized spacial score (nSPS) is 9.87. The van der Waals surface area contributed by atoms with Gasteiger partial charge in [0.1, 0.15) is 17.8 Å². The van der Waals surface area contributed by atoms with E-state index in [1.54, 1.807) is 36.7 Å². The third-order valence-corrected chi connectivity index (χ3v) is 2.05. The molecule has 4 nitrogen and oxygen atoms in total. The highest BCUT2D eigenvalue weighted by Crippen LogP contribution is 2.20. The Morgan fingerprint density at radius 3 is 2.33 bits per heavy atom. The lowest BCUT2D eigenvalue weighted by Crippen LogP contribution is -1.95. The van der Waals surface area contributed by atoms with E-state index in [0.29, 0.717) is 17.1 Å². The van der Waals surface area contributed by atoms with Crippen LogP contribution in [-0.4, -0.2) is 16.3 Å². The molecule has 0 aliphatic rings. The molecule has 0 atom stereocenters. The molecule has 15 heavy (non-hydrogen) atoms. The first-order valence-corrected chi connectivity index (χ1v) is 4.43. The smallest absolute Gasteiger partial charge is 0.150 e. The molecule has 0 saturated heterocycles. The molecule has 2 N–H and O–H groups in total. The summed E-state index contributed by atoms with van der Waals surface area (Å²) in [5.74, 6) is 0.386. The number of rotatable bonds is 2. The van der Waals surface area contributed by atoms with Crippen molar-refractivity contribution < 1.29 is 4.79 Å². The van der Waals surface area contributed by atoms with Gasteiger partial charge in [0.2, 0.25) is 0 Å². The van der Waals surface area contributed by atoms with Gasteiger partial charge in [-0.1, -0.05) is 24.3 Å². The van der Waals surface area contributed by atoms with Gasteiger partial charge in [0, 0.05) is 23.5 Å². The van der Waals surface area contributed by atoms with E-state index in [-0.39, 0.29) is 0 Å². The summed E-state index contributed by atoms with van der Waals surface area (Å²) in [5.41, 5.74) is 7.79. The SMILES string of the molecule is Nc1nccnc1-c1ccc(C=O)cc1. The van der Waals surface area contributed by atoms with Crippen LogP contribution >= 0.6 is 0 Å². The van der Waals surface area contributed by atoms with Crippen molar-refractivity contribution in [3.8, 4) is 11.3 Å². The Hall–Kier alpha value is -2.23. The standard InChI is InChI=1S/C11H9N3O/c12-11-10(13-5-6-14-11)9-3-1-8(7-15)2-4-9/h1-7H,(H2,12,14). The van der Waals surface area contributed by atoms with E-state index in [0.717, 1.165) is 11.8 Å². The fraction of sp³-hybridized carbons (Fsp3) is 0. The van der Waals surface area contributed by atoms with Crippen LogP contribution in [0.2, 0.25) is 0 Å². The molecule has 2 aromatic rings. The van der Waals surface area contributed by atoms with Gasteiger partial charge >= 0.3 is 0 Å². The molecule has 2 rings (SSSR count). The van der Waals surface area contributed by atoms with Crippen molar-refractivity contribution >= 4 is 12.1 Å². The molecule has 0 saturated carbocycles. The number of hydrogen-bond donors (Lipinski definition) is 1. The molecule has 74 valence electrons. The second kappa shape index (κ2) is 3.88. The van der Waals surface area contributed by atoms with Crippen LogP contribution in [0.3, 0.4) is 0 Å². The average Bonchev–Trinajstić information content (AvgIpc) is 2.30. The van der Waals surface area contributed by atoms with E-state index in [9.17, 15) is 4.79 Å². The van der Waals surface area contributed by atoms with Gasteiger partial charge in [-0.2, -0.15) is 0 Å². The largest absolute Gasteiger partial charge is 0.382 e. The number of benzene rings is 1. The van der Waals surface area contributed by atoms with Crippen LogP contribution in [0.25, 0.3) is 11.3 Å². The average molecular weight is 199 g/mol. The molecular formula is C11H9N3O. The van der Waals surface area contributed by atoms with Crippen LogP contribution in [0.5, 0.6) is 0 Å². The van der Waals surface area contributed by atoms with Crippen LogP contribution in [0.1, 0.15) is 10.4 Å². The highest BCUT2D eigenvalue weighted by atomic mass is 16.1. The van der Waals surface area contributed by atoms with Crippen LogP contribution in [0, 0.1) is 0 Å². The Bertz CT molecular complexity index is 479. The Kier molecular flexibility index (Phi) is 2.41. The maximum absolute atomic E-state index is 10.5. The molecule has 0 fully saturated rings. The van der Waals surface area contributed by atoms with Gasteiger partial charge in [-0.3, -0.25) is 9.78 Å². The summed E-state index contributed by atoms with van der Waals surface area (Å²) in [6.07, 6.45) is 3.92. The molecular weight excluding hydrogens is 190 g/mol. The van der Waals surface area contributed by atoms with Crippen molar-refractivity contribution in [2.24, 2.45) is 0 Å². The van der Waals surface area contributed by atoms with Crippen molar-refractivity contribution in [3.05, 3.63) is 42.2 Å². The second-order valence-electron chi connectivity index (χ2n) is 3.03. The van der Waals surface area contributed by atoms with Gasteiger partial charge in [-0.05, 0) is 0 Å². The van der Waals surface area contributed by atoms with Gasteiger partial charge in [0.05, 0.1) is 0 Å². The molecule has 0 aliphatic heterocycles. The van der Waals surface area contributed by atoms with Crippen molar-refractivity contribution in [1.29, 1.82) is 0 Å². The predicted octanol–water partition coefficient (Wildman–Crippen LogP) is 1.54. The summed E-state index contributed by atoms with van der Waals surface area (Å²) in [4.78, 5) is 18.5. The van der Waals surface area contributed by atoms with Gasteiger partial charge < -0.3 is 5.73 Å². The van der Waals surface area contributed by atoms with Crippen LogP contribution in [0.15, 0.2) is 36.7 Å². The highest BCUT2D eigenvalue weighted by molar-refractivity contribution is 5.77. The minimum absolute atomic E-state index is 0.386. The van der Waals surface area contributed by atoms with E-state index in [1.165, 1.54) is 0 Å². The van der Waals surface area contributed by atoms with E-state index < -0.39 is 0 Å². The Labute approximate surface area is 86.8 Å². The first-order chi connectivity index (χ1) is 7.31. The fourth-order valence-corrected chi connectivity index (χ4v) is 1.29.